The molecule has 0 aliphatic carbocycles. The number of alkyl halides is 1. The number of halogens is 2. The van der Waals surface area contributed by atoms with Crippen molar-refractivity contribution in [2.45, 2.75) is 103 Å². The predicted octanol–water partition coefficient (Wildman–Crippen LogP) is 7.48. The molecule has 65 heavy (non-hydrogen) atoms. The molecule has 18 heteroatoms. The summed E-state index contributed by atoms with van der Waals surface area (Å²) < 4.78 is 53.0. The highest BCUT2D eigenvalue weighted by Gasteiger charge is 2.50. The van der Waals surface area contributed by atoms with E-state index in [4.69, 9.17) is 23.9 Å². The highest BCUT2D eigenvalue weighted by Crippen LogP contribution is 2.52. The summed E-state index contributed by atoms with van der Waals surface area (Å²) >= 11 is 0. The zero-order valence-corrected chi connectivity index (χ0v) is 38.1. The topological polar surface area (TPSA) is 193 Å². The van der Waals surface area contributed by atoms with E-state index in [-0.39, 0.29) is 53.6 Å². The molecular formula is C47H58F2N8O8. The first kappa shape index (κ1) is 45.5. The number of fused-ring (bicyclic) bond motifs is 2. The molecule has 2 aromatic carbocycles. The number of imidazole rings is 2. The number of hydrogen-bond acceptors (Lipinski definition) is 10. The molecule has 2 unspecified atom stereocenters. The third-order valence-electron chi connectivity index (χ3n) is 13.7. The number of aromatic nitrogens is 4. The molecule has 0 bridgehead atoms. The predicted molar refractivity (Wildman–Crippen MR) is 234 cm³/mol. The molecule has 5 atom stereocenters. The first-order valence-electron chi connectivity index (χ1n) is 22.2. The molecule has 8 rings (SSSR count). The number of nitrogens with zero attached hydrogens (tertiary/aromatic N) is 4. The van der Waals surface area contributed by atoms with Gasteiger partial charge in [0.05, 0.1) is 56.6 Å². The fourth-order valence-corrected chi connectivity index (χ4v) is 9.91. The number of ether oxygens (including phenoxy) is 4. The van der Waals surface area contributed by atoms with E-state index in [1.165, 1.54) is 31.4 Å². The van der Waals surface area contributed by atoms with Crippen LogP contribution in [0.4, 0.5) is 18.4 Å². The van der Waals surface area contributed by atoms with Crippen LogP contribution in [0.5, 0.6) is 11.5 Å². The smallest absolute Gasteiger partial charge is 0.407 e. The molecule has 6 heterocycles. The van der Waals surface area contributed by atoms with Gasteiger partial charge in [-0.15, -0.1) is 0 Å². The van der Waals surface area contributed by atoms with E-state index in [1.807, 2.05) is 50.8 Å². The number of methoxy groups -OCH3 is 2. The highest BCUT2D eigenvalue weighted by molar-refractivity contribution is 5.87. The third-order valence-corrected chi connectivity index (χ3v) is 13.7. The summed E-state index contributed by atoms with van der Waals surface area (Å²) in [5.74, 6) is 0.283. The maximum atomic E-state index is 16.3. The normalized spacial score (nSPS) is 21.7. The number of alkyl carbamates (subject to hydrolysis) is 2. The van der Waals surface area contributed by atoms with E-state index >= 15 is 4.39 Å². The van der Waals surface area contributed by atoms with Gasteiger partial charge >= 0.3 is 12.2 Å². The van der Waals surface area contributed by atoms with Crippen molar-refractivity contribution in [1.82, 2.24) is 40.4 Å². The Morgan fingerprint density at radius 1 is 0.815 bits per heavy atom. The average Bonchev–Trinajstić information content (AvgIpc) is 4.11. The lowest BCUT2D eigenvalue weighted by atomic mass is 9.75. The Morgan fingerprint density at radius 3 is 2.03 bits per heavy atom. The minimum Gasteiger partial charge on any atom is -0.457 e. The number of aromatic amines is 2. The quantitative estimate of drug-likeness (QED) is 0.124. The van der Waals surface area contributed by atoms with Gasteiger partial charge in [-0.25, -0.2) is 28.3 Å². The number of rotatable bonds is 10. The van der Waals surface area contributed by atoms with Crippen molar-refractivity contribution in [3.05, 3.63) is 71.3 Å². The summed E-state index contributed by atoms with van der Waals surface area (Å²) in [4.78, 5) is 71.4. The molecule has 4 aromatic rings. The molecule has 348 valence electrons. The Morgan fingerprint density at radius 2 is 1.40 bits per heavy atom. The molecule has 0 radical (unpaired) electrons. The van der Waals surface area contributed by atoms with E-state index < -0.39 is 53.6 Å². The highest BCUT2D eigenvalue weighted by atomic mass is 19.1. The zero-order valence-electron chi connectivity index (χ0n) is 38.1. The monoisotopic (exact) mass is 900 g/mol. The van der Waals surface area contributed by atoms with Crippen LogP contribution in [0, 0.1) is 23.1 Å². The minimum atomic E-state index is -1.32. The van der Waals surface area contributed by atoms with E-state index in [9.17, 15) is 23.6 Å². The minimum absolute atomic E-state index is 0.0194. The average molecular weight is 901 g/mol. The van der Waals surface area contributed by atoms with Crippen molar-refractivity contribution in [1.29, 1.82) is 0 Å². The van der Waals surface area contributed by atoms with Crippen molar-refractivity contribution in [2.24, 2.45) is 17.3 Å². The number of nitrogens with one attached hydrogen (secondary N) is 4. The summed E-state index contributed by atoms with van der Waals surface area (Å²) in [7, 11) is 2.48. The van der Waals surface area contributed by atoms with Crippen molar-refractivity contribution in [3.8, 4) is 34.0 Å². The lowest BCUT2D eigenvalue weighted by Crippen LogP contribution is -2.51. The fraction of sp³-hybridized carbons (Fsp3) is 0.532. The zero-order chi connectivity index (χ0) is 46.5. The van der Waals surface area contributed by atoms with Crippen LogP contribution < -0.4 is 15.4 Å². The van der Waals surface area contributed by atoms with Crippen LogP contribution in [0.1, 0.15) is 102 Å². The molecule has 3 saturated heterocycles. The van der Waals surface area contributed by atoms with Crippen LogP contribution in [0.3, 0.4) is 0 Å². The second kappa shape index (κ2) is 17.7. The summed E-state index contributed by atoms with van der Waals surface area (Å²) in [5.41, 5.74) is 2.66. The Hall–Kier alpha value is -6.04. The van der Waals surface area contributed by atoms with E-state index in [0.29, 0.717) is 54.8 Å². The summed E-state index contributed by atoms with van der Waals surface area (Å²) in [6, 6.07) is 6.01. The maximum Gasteiger partial charge on any atom is 0.407 e. The number of benzene rings is 2. The molecular weight excluding hydrogens is 843 g/mol. The molecule has 0 saturated carbocycles. The van der Waals surface area contributed by atoms with Gasteiger partial charge in [0.15, 0.2) is 0 Å². The van der Waals surface area contributed by atoms with Crippen LogP contribution in [-0.4, -0.2) is 113 Å². The lowest BCUT2D eigenvalue weighted by molar-refractivity contribution is -0.136. The standard InChI is InChI=1S/C47H58F2N8O8/c1-24(2)38(54-44(60)62-7)42(58)56-22-27(48)16-34(56)40-51-21-33(53-40)28-17-37-30(18-31(28)49)46(5,6)29-15-26(9-10-36(29)65-37)32-20-50-41(52-32)35-19-47(11-13-64-14-12-47)23-57(35)43(59)39(25(3)4)55-45(61)63-8/h9-10,15,17-18,20-21,24-25,27,34-35,38-39H,11-14,16,19,22-23H2,1-8H3,(H,50,52)(H,51,53)(H,54,60)(H,55,61)/t27?,34-,35?,38-,39-/m0/s1. The van der Waals surface area contributed by atoms with Gasteiger partial charge in [-0.2, -0.15) is 0 Å². The Kier molecular flexibility index (Phi) is 12.4. The van der Waals surface area contributed by atoms with Crippen molar-refractivity contribution in [3.63, 3.8) is 0 Å². The number of H-pyrrole nitrogens is 2. The Bertz CT molecular complexity index is 2460. The van der Waals surface area contributed by atoms with Gasteiger partial charge in [0, 0.05) is 53.8 Å². The molecule has 4 amide bonds. The molecule has 4 N–H and O–H groups in total. The maximum absolute atomic E-state index is 16.3. The van der Waals surface area contributed by atoms with Gasteiger partial charge in [0.2, 0.25) is 11.8 Å². The first-order valence-corrected chi connectivity index (χ1v) is 22.2. The number of carbonyl (C=O) groups is 4. The van der Waals surface area contributed by atoms with Crippen LogP contribution >= 0.6 is 0 Å². The molecule has 16 nitrogen and oxygen atoms in total. The number of likely N-dealkylation sites (tertiary alicyclic amines) is 2. The lowest BCUT2D eigenvalue weighted by Gasteiger charge is -2.35. The van der Waals surface area contributed by atoms with Gasteiger partial charge < -0.3 is 49.3 Å². The molecule has 3 fully saturated rings. The molecule has 2 aromatic heterocycles. The second-order valence-electron chi connectivity index (χ2n) is 19.0. The van der Waals surface area contributed by atoms with Gasteiger partial charge in [-0.3, -0.25) is 9.59 Å². The molecule has 4 aliphatic heterocycles. The number of carbonyl (C=O) groups excluding carboxylic acids is 4. The van der Waals surface area contributed by atoms with E-state index in [0.717, 1.165) is 29.7 Å². The van der Waals surface area contributed by atoms with E-state index in [1.54, 1.807) is 26.1 Å². The second-order valence-corrected chi connectivity index (χ2v) is 19.0. The Balaban J connectivity index is 1.04. The molecule has 4 aliphatic rings. The summed E-state index contributed by atoms with van der Waals surface area (Å²) in [5, 5.41) is 5.30. The number of amides is 4. The van der Waals surface area contributed by atoms with Crippen molar-refractivity contribution in [2.75, 3.05) is 40.5 Å². The van der Waals surface area contributed by atoms with E-state index in [2.05, 4.69) is 25.6 Å². The van der Waals surface area contributed by atoms with Gasteiger partial charge in [-0.05, 0) is 66.8 Å². The summed E-state index contributed by atoms with van der Waals surface area (Å²) in [6.45, 7) is 12.9. The van der Waals surface area contributed by atoms with Crippen LogP contribution in [0.2, 0.25) is 0 Å². The first-order chi connectivity index (χ1) is 30.9. The van der Waals surface area contributed by atoms with Crippen molar-refractivity contribution >= 4 is 24.0 Å². The summed E-state index contributed by atoms with van der Waals surface area (Å²) in [6.07, 6.45) is 2.75. The fourth-order valence-electron chi connectivity index (χ4n) is 9.91. The molecule has 1 spiro atoms. The van der Waals surface area contributed by atoms with Gasteiger partial charge in [0.25, 0.3) is 0 Å². The van der Waals surface area contributed by atoms with Crippen molar-refractivity contribution < 1.29 is 46.9 Å². The number of hydrogen-bond donors (Lipinski definition) is 4. The Labute approximate surface area is 376 Å². The van der Waals surface area contributed by atoms with Crippen LogP contribution in [0.15, 0.2) is 42.7 Å². The van der Waals surface area contributed by atoms with Gasteiger partial charge in [-0.1, -0.05) is 41.5 Å². The van der Waals surface area contributed by atoms with Crippen LogP contribution in [-0.2, 0) is 29.2 Å². The largest absolute Gasteiger partial charge is 0.457 e. The SMILES string of the molecule is COC(=O)N[C@H](C(=O)N1CC2(CCOCC2)CC1c1ncc(-c2ccc3c(c2)C(C)(C)c2cc(F)c(-c4cnc([C@@H]5CC(F)CN5C(=O)[C@@H](NC(=O)OC)C(C)C)[nH]4)cc2O3)[nH]1)C(C)C. The van der Waals surface area contributed by atoms with Crippen LogP contribution in [0.25, 0.3) is 22.5 Å². The third kappa shape index (κ3) is 8.64. The van der Waals surface area contributed by atoms with Gasteiger partial charge in [0.1, 0.15) is 47.2 Å².